The number of hydrogen-bond donors (Lipinski definition) is 0. The fraction of sp³-hybridized carbons (Fsp3) is 0.667. The van der Waals surface area contributed by atoms with Crippen LogP contribution >= 0.6 is 0 Å². The van der Waals surface area contributed by atoms with E-state index in [1.54, 1.807) is 0 Å². The van der Waals surface area contributed by atoms with Gasteiger partial charge in [0.2, 0.25) is 12.2 Å². The van der Waals surface area contributed by atoms with Crippen molar-refractivity contribution in [3.05, 3.63) is 12.2 Å². The Morgan fingerprint density at radius 2 is 2.50 bits per heavy atom. The van der Waals surface area contributed by atoms with Crippen molar-refractivity contribution in [1.29, 1.82) is 0 Å². The summed E-state index contributed by atoms with van der Waals surface area (Å²) in [6, 6.07) is 0. The number of rotatable bonds is 2. The Bertz CT molecular complexity index is 218. The van der Waals surface area contributed by atoms with E-state index in [1.165, 1.54) is 0 Å². The zero-order valence-corrected chi connectivity index (χ0v) is 5.30. The highest BCUT2D eigenvalue weighted by molar-refractivity contribution is 5.13. The van der Waals surface area contributed by atoms with E-state index < -0.39 is 12.1 Å². The average Bonchev–Trinajstić information content (AvgIpc) is 2.58. The van der Waals surface area contributed by atoms with Crippen molar-refractivity contribution in [2.75, 3.05) is 6.67 Å². The van der Waals surface area contributed by atoms with Crippen molar-refractivity contribution in [3.8, 4) is 0 Å². The maximum atomic E-state index is 12.3. The molecule has 0 amide bonds. The summed E-state index contributed by atoms with van der Waals surface area (Å²) in [5, 5.41) is 3.30. The first-order chi connectivity index (χ1) is 4.87. The van der Waals surface area contributed by atoms with Gasteiger partial charge < -0.3 is 4.52 Å². The predicted molar refractivity (Wildman–Crippen MR) is 30.0 cm³/mol. The molecule has 0 spiro atoms. The van der Waals surface area contributed by atoms with Gasteiger partial charge in [-0.3, -0.25) is 0 Å². The van der Waals surface area contributed by atoms with Gasteiger partial charge in [-0.1, -0.05) is 5.16 Å². The lowest BCUT2D eigenvalue weighted by atomic mass is 10.1. The second kappa shape index (κ2) is 1.78. The predicted octanol–water partition coefficient (Wildman–Crippen LogP) is 0.871. The molecular weight excluding hydrogens is 135 g/mol. The Labute approximate surface area is 57.2 Å². The topological polar surface area (TPSA) is 38.9 Å². The average molecular weight is 141 g/mol. The van der Waals surface area contributed by atoms with Gasteiger partial charge in [-0.25, -0.2) is 4.39 Å². The monoisotopic (exact) mass is 141 g/mol. The number of aromatic nitrogens is 2. The highest BCUT2D eigenvalue weighted by Gasteiger charge is 2.49. The molecule has 0 atom stereocenters. The first-order valence-electron chi connectivity index (χ1n) is 3.14. The summed E-state index contributed by atoms with van der Waals surface area (Å²) in [7, 11) is 0. The summed E-state index contributed by atoms with van der Waals surface area (Å²) in [5.74, 6) is 0.398. The molecule has 0 saturated heterocycles. The fourth-order valence-electron chi connectivity index (χ4n) is 0.921. The molecule has 2 rings (SSSR count). The molecule has 4 heteroatoms. The third-order valence-electron chi connectivity index (χ3n) is 1.89. The molecule has 0 unspecified atom stereocenters. The maximum Gasteiger partial charge on any atom is 0.243 e. The van der Waals surface area contributed by atoms with Crippen molar-refractivity contribution in [2.45, 2.75) is 18.3 Å². The normalized spacial score (nSPS) is 20.9. The first kappa shape index (κ1) is 5.82. The molecule has 1 aromatic rings. The largest absolute Gasteiger partial charge is 0.338 e. The van der Waals surface area contributed by atoms with Crippen LogP contribution in [0.25, 0.3) is 0 Å². The van der Waals surface area contributed by atoms with Crippen molar-refractivity contribution >= 4 is 0 Å². The van der Waals surface area contributed by atoms with Crippen molar-refractivity contribution in [1.82, 2.24) is 10.1 Å². The van der Waals surface area contributed by atoms with E-state index in [0.717, 1.165) is 12.8 Å². The molecule has 0 bridgehead atoms. The minimum atomic E-state index is -0.424. The van der Waals surface area contributed by atoms with Crippen LogP contribution in [0.2, 0.25) is 0 Å². The first-order valence-corrected chi connectivity index (χ1v) is 3.14. The maximum absolute atomic E-state index is 12.3. The number of alkyl halides is 1. The Kier molecular flexibility index (Phi) is 1.03. The van der Waals surface area contributed by atoms with Crippen molar-refractivity contribution < 1.29 is 8.91 Å². The van der Waals surface area contributed by atoms with Crippen LogP contribution in [0, 0.1) is 6.33 Å². The Morgan fingerprint density at radius 1 is 1.70 bits per heavy atom. The van der Waals surface area contributed by atoms with Gasteiger partial charge in [0.05, 0.1) is 5.41 Å². The summed E-state index contributed by atoms with van der Waals surface area (Å²) in [6.45, 7) is -0.400. The lowest BCUT2D eigenvalue weighted by Gasteiger charge is -2.00. The fourth-order valence-corrected chi connectivity index (χ4v) is 0.921. The molecule has 1 aliphatic carbocycles. The standard InChI is InChI=1S/C6H6FN2O/c7-3-6(1-2-6)5-8-4-9-10-5/h1-3H2. The molecule has 0 aliphatic heterocycles. The third-order valence-corrected chi connectivity index (χ3v) is 1.89. The third kappa shape index (κ3) is 0.647. The van der Waals surface area contributed by atoms with Gasteiger partial charge in [0.15, 0.2) is 0 Å². The molecule has 1 fully saturated rings. The summed E-state index contributed by atoms with van der Waals surface area (Å²) >= 11 is 0. The second-order valence-corrected chi connectivity index (χ2v) is 2.61. The van der Waals surface area contributed by atoms with Crippen LogP contribution in [0.1, 0.15) is 18.7 Å². The smallest absolute Gasteiger partial charge is 0.243 e. The van der Waals surface area contributed by atoms with Crippen molar-refractivity contribution in [2.24, 2.45) is 0 Å². The van der Waals surface area contributed by atoms with Gasteiger partial charge in [-0.2, -0.15) is 4.98 Å². The van der Waals surface area contributed by atoms with E-state index >= 15 is 0 Å². The zero-order valence-electron chi connectivity index (χ0n) is 5.30. The van der Waals surface area contributed by atoms with Gasteiger partial charge in [0, 0.05) is 0 Å². The Hall–Kier alpha value is -0.930. The van der Waals surface area contributed by atoms with Crippen LogP contribution in [0.5, 0.6) is 0 Å². The summed E-state index contributed by atoms with van der Waals surface area (Å²) in [5.41, 5.74) is -0.424. The minimum Gasteiger partial charge on any atom is -0.338 e. The molecule has 1 heterocycles. The lowest BCUT2D eigenvalue weighted by molar-refractivity contribution is 0.305. The van der Waals surface area contributed by atoms with E-state index in [0.29, 0.717) is 5.89 Å². The zero-order chi connectivity index (χ0) is 7.03. The molecule has 53 valence electrons. The number of nitrogens with zero attached hydrogens (tertiary/aromatic N) is 2. The van der Waals surface area contributed by atoms with E-state index in [4.69, 9.17) is 4.52 Å². The summed E-state index contributed by atoms with van der Waals surface area (Å²) in [6.07, 6.45) is 3.91. The minimum absolute atomic E-state index is 0.398. The SMILES string of the molecule is FCC1(c2n[c]no2)CC1. The van der Waals surface area contributed by atoms with E-state index in [2.05, 4.69) is 16.5 Å². The van der Waals surface area contributed by atoms with Crippen LogP contribution in [-0.2, 0) is 5.41 Å². The lowest BCUT2D eigenvalue weighted by Crippen LogP contribution is -2.08. The molecule has 1 aliphatic rings. The van der Waals surface area contributed by atoms with Crippen LogP contribution < -0.4 is 0 Å². The highest BCUT2D eigenvalue weighted by atomic mass is 19.1. The molecule has 0 N–H and O–H groups in total. The molecule has 10 heavy (non-hydrogen) atoms. The molecule has 3 nitrogen and oxygen atoms in total. The molecular formula is C6H6FN2O. The quantitative estimate of drug-likeness (QED) is 0.613. The van der Waals surface area contributed by atoms with Crippen LogP contribution in [0.3, 0.4) is 0 Å². The van der Waals surface area contributed by atoms with Gasteiger partial charge in [-0.15, -0.1) is 0 Å². The molecule has 1 radical (unpaired) electrons. The van der Waals surface area contributed by atoms with Gasteiger partial charge in [0.25, 0.3) is 0 Å². The van der Waals surface area contributed by atoms with Crippen LogP contribution in [0.4, 0.5) is 4.39 Å². The van der Waals surface area contributed by atoms with E-state index in [-0.39, 0.29) is 0 Å². The summed E-state index contributed by atoms with van der Waals surface area (Å²) < 4.78 is 17.0. The Morgan fingerprint density at radius 3 is 2.90 bits per heavy atom. The molecule has 1 saturated carbocycles. The number of hydrogen-bond acceptors (Lipinski definition) is 3. The van der Waals surface area contributed by atoms with Gasteiger partial charge in [-0.05, 0) is 12.8 Å². The molecule has 0 aromatic carbocycles. The summed E-state index contributed by atoms with van der Waals surface area (Å²) in [4.78, 5) is 3.68. The number of halogens is 1. The van der Waals surface area contributed by atoms with E-state index in [9.17, 15) is 4.39 Å². The second-order valence-electron chi connectivity index (χ2n) is 2.61. The van der Waals surface area contributed by atoms with Crippen LogP contribution in [0.15, 0.2) is 4.52 Å². The van der Waals surface area contributed by atoms with Gasteiger partial charge in [0.1, 0.15) is 6.67 Å². The van der Waals surface area contributed by atoms with Gasteiger partial charge >= 0.3 is 0 Å². The Balaban J connectivity index is 2.27. The van der Waals surface area contributed by atoms with Crippen molar-refractivity contribution in [3.63, 3.8) is 0 Å². The van der Waals surface area contributed by atoms with E-state index in [1.807, 2.05) is 0 Å². The molecule has 1 aromatic heterocycles. The van der Waals surface area contributed by atoms with Crippen LogP contribution in [-0.4, -0.2) is 16.8 Å². The highest BCUT2D eigenvalue weighted by Crippen LogP contribution is 2.47.